The Balaban J connectivity index is 2.00. The van der Waals surface area contributed by atoms with Crippen molar-refractivity contribution in [1.82, 2.24) is 10.2 Å². The summed E-state index contributed by atoms with van der Waals surface area (Å²) in [7, 11) is 0. The van der Waals surface area contributed by atoms with Gasteiger partial charge in [-0.15, -0.1) is 0 Å². The molecule has 0 spiro atoms. The summed E-state index contributed by atoms with van der Waals surface area (Å²) in [6.07, 6.45) is 6.84. The van der Waals surface area contributed by atoms with Gasteiger partial charge in [0.05, 0.1) is 0 Å². The maximum atomic E-state index is 3.81. The number of hydrogen-bond donors (Lipinski definition) is 1. The van der Waals surface area contributed by atoms with E-state index in [1.807, 2.05) is 0 Å². The van der Waals surface area contributed by atoms with E-state index >= 15 is 0 Å². The summed E-state index contributed by atoms with van der Waals surface area (Å²) in [6, 6.07) is 0.728. The summed E-state index contributed by atoms with van der Waals surface area (Å²) < 4.78 is 0. The summed E-state index contributed by atoms with van der Waals surface area (Å²) in [5.41, 5.74) is 0.438. The van der Waals surface area contributed by atoms with Gasteiger partial charge < -0.3 is 5.32 Å². The fourth-order valence-electron chi connectivity index (χ4n) is 3.44. The summed E-state index contributed by atoms with van der Waals surface area (Å²) >= 11 is 0. The van der Waals surface area contributed by atoms with Gasteiger partial charge in [-0.3, -0.25) is 4.90 Å². The van der Waals surface area contributed by atoms with Crippen LogP contribution in [0.3, 0.4) is 0 Å². The van der Waals surface area contributed by atoms with Crippen LogP contribution >= 0.6 is 0 Å². The van der Waals surface area contributed by atoms with Crippen molar-refractivity contribution in [1.29, 1.82) is 0 Å². The van der Waals surface area contributed by atoms with E-state index in [4.69, 9.17) is 0 Å². The van der Waals surface area contributed by atoms with Crippen LogP contribution in [0.1, 0.15) is 59.8 Å². The van der Waals surface area contributed by atoms with Gasteiger partial charge in [-0.2, -0.15) is 0 Å². The van der Waals surface area contributed by atoms with Crippen molar-refractivity contribution in [2.45, 2.75) is 71.4 Å². The molecule has 0 amide bonds. The number of piperazine rings is 1. The monoisotopic (exact) mass is 252 g/mol. The Morgan fingerprint density at radius 3 is 2.61 bits per heavy atom. The minimum absolute atomic E-state index is 0.438. The van der Waals surface area contributed by atoms with Gasteiger partial charge in [0.2, 0.25) is 0 Å². The summed E-state index contributed by atoms with van der Waals surface area (Å²) in [6.45, 7) is 13.3. The zero-order valence-electron chi connectivity index (χ0n) is 12.8. The van der Waals surface area contributed by atoms with Crippen molar-refractivity contribution in [2.75, 3.05) is 19.6 Å². The van der Waals surface area contributed by atoms with E-state index in [0.29, 0.717) is 5.54 Å². The van der Waals surface area contributed by atoms with Crippen molar-refractivity contribution < 1.29 is 0 Å². The predicted octanol–water partition coefficient (Wildman–Crippen LogP) is 3.28. The quantitative estimate of drug-likeness (QED) is 0.780. The Morgan fingerprint density at radius 2 is 2.06 bits per heavy atom. The lowest BCUT2D eigenvalue weighted by Gasteiger charge is -2.49. The molecular formula is C16H32N2. The molecule has 1 aliphatic heterocycles. The molecular weight excluding hydrogens is 220 g/mol. The van der Waals surface area contributed by atoms with E-state index in [1.165, 1.54) is 51.7 Å². The third-order valence-corrected chi connectivity index (χ3v) is 5.23. The molecule has 0 aromatic carbocycles. The lowest BCUT2D eigenvalue weighted by molar-refractivity contribution is 0.0216. The van der Waals surface area contributed by atoms with Crippen molar-refractivity contribution in [3.63, 3.8) is 0 Å². The lowest BCUT2D eigenvalue weighted by Crippen LogP contribution is -2.65. The van der Waals surface area contributed by atoms with Crippen LogP contribution in [0.2, 0.25) is 0 Å². The highest BCUT2D eigenvalue weighted by atomic mass is 15.3. The molecule has 0 radical (unpaired) electrons. The van der Waals surface area contributed by atoms with E-state index in [-0.39, 0.29) is 0 Å². The first kappa shape index (κ1) is 14.3. The highest BCUT2D eigenvalue weighted by Crippen LogP contribution is 2.44. The maximum absolute atomic E-state index is 3.81. The molecule has 3 atom stereocenters. The molecule has 2 nitrogen and oxygen atoms in total. The van der Waals surface area contributed by atoms with Gasteiger partial charge in [-0.1, -0.05) is 33.6 Å². The van der Waals surface area contributed by atoms with E-state index in [1.54, 1.807) is 0 Å². The normalized spacial score (nSPS) is 35.7. The van der Waals surface area contributed by atoms with Gasteiger partial charge in [-0.05, 0) is 38.0 Å². The molecule has 0 bridgehead atoms. The minimum Gasteiger partial charge on any atom is -0.311 e. The first-order valence-corrected chi connectivity index (χ1v) is 8.08. The summed E-state index contributed by atoms with van der Waals surface area (Å²) in [5, 5.41) is 3.81. The Kier molecular flexibility index (Phi) is 4.71. The molecule has 1 heterocycles. The molecule has 106 valence electrons. The fraction of sp³-hybridized carbons (Fsp3) is 1.00. The lowest BCUT2D eigenvalue weighted by atomic mass is 9.87. The second-order valence-corrected chi connectivity index (χ2v) is 6.92. The first-order valence-electron chi connectivity index (χ1n) is 8.08. The average molecular weight is 252 g/mol. The Labute approximate surface area is 114 Å². The Bertz CT molecular complexity index is 262. The second kappa shape index (κ2) is 5.92. The summed E-state index contributed by atoms with van der Waals surface area (Å²) in [5.74, 6) is 1.79. The number of nitrogens with zero attached hydrogens (tertiary/aromatic N) is 1. The van der Waals surface area contributed by atoms with Crippen molar-refractivity contribution in [3.05, 3.63) is 0 Å². The van der Waals surface area contributed by atoms with Gasteiger partial charge in [0.1, 0.15) is 0 Å². The van der Waals surface area contributed by atoms with Crippen LogP contribution < -0.4 is 5.32 Å². The van der Waals surface area contributed by atoms with Crippen LogP contribution in [0.25, 0.3) is 0 Å². The smallest absolute Gasteiger partial charge is 0.0334 e. The van der Waals surface area contributed by atoms with Crippen LogP contribution in [-0.4, -0.2) is 36.1 Å². The Morgan fingerprint density at radius 1 is 1.33 bits per heavy atom. The largest absolute Gasteiger partial charge is 0.311 e. The van der Waals surface area contributed by atoms with Crippen LogP contribution in [0.5, 0.6) is 0 Å². The highest BCUT2D eigenvalue weighted by Gasteiger charge is 2.48. The first-order chi connectivity index (χ1) is 8.60. The van der Waals surface area contributed by atoms with Crippen LogP contribution in [0.15, 0.2) is 0 Å². The zero-order chi connectivity index (χ0) is 13.2. The zero-order valence-corrected chi connectivity index (χ0v) is 12.8. The molecule has 0 aromatic heterocycles. The molecule has 3 unspecified atom stereocenters. The molecule has 1 aliphatic carbocycles. The van der Waals surface area contributed by atoms with Crippen LogP contribution in [-0.2, 0) is 0 Å². The van der Waals surface area contributed by atoms with E-state index in [0.717, 1.165) is 17.9 Å². The van der Waals surface area contributed by atoms with Gasteiger partial charge in [-0.25, -0.2) is 0 Å². The number of hydrogen-bond acceptors (Lipinski definition) is 2. The molecule has 2 aliphatic rings. The van der Waals surface area contributed by atoms with E-state index in [2.05, 4.69) is 37.9 Å². The summed E-state index contributed by atoms with van der Waals surface area (Å²) in [4.78, 5) is 2.83. The second-order valence-electron chi connectivity index (χ2n) is 6.92. The fourth-order valence-corrected chi connectivity index (χ4v) is 3.44. The molecule has 1 saturated heterocycles. The van der Waals surface area contributed by atoms with Gasteiger partial charge >= 0.3 is 0 Å². The van der Waals surface area contributed by atoms with Crippen molar-refractivity contribution in [3.8, 4) is 0 Å². The third-order valence-electron chi connectivity index (χ3n) is 5.23. The maximum Gasteiger partial charge on any atom is 0.0334 e. The van der Waals surface area contributed by atoms with Crippen molar-refractivity contribution in [2.24, 2.45) is 11.8 Å². The van der Waals surface area contributed by atoms with Gasteiger partial charge in [0.15, 0.2) is 0 Å². The minimum atomic E-state index is 0.438. The Hall–Kier alpha value is -0.0800. The van der Waals surface area contributed by atoms with Crippen LogP contribution in [0, 0.1) is 11.8 Å². The molecule has 18 heavy (non-hydrogen) atoms. The molecule has 1 N–H and O–H groups in total. The number of rotatable bonds is 6. The predicted molar refractivity (Wildman–Crippen MR) is 78.9 cm³/mol. The van der Waals surface area contributed by atoms with Gasteiger partial charge in [0.25, 0.3) is 0 Å². The highest BCUT2D eigenvalue weighted by molar-refractivity contribution is 5.05. The molecule has 2 rings (SSSR count). The molecule has 2 heteroatoms. The van der Waals surface area contributed by atoms with Crippen molar-refractivity contribution >= 4 is 0 Å². The van der Waals surface area contributed by atoms with Gasteiger partial charge in [0, 0.05) is 31.2 Å². The third kappa shape index (κ3) is 3.08. The molecule has 2 fully saturated rings. The van der Waals surface area contributed by atoms with Crippen LogP contribution in [0.4, 0.5) is 0 Å². The van der Waals surface area contributed by atoms with E-state index in [9.17, 15) is 0 Å². The number of nitrogens with one attached hydrogen (secondary N) is 1. The topological polar surface area (TPSA) is 15.3 Å². The molecule has 0 aromatic rings. The SMILES string of the molecule is CCCC1CN(CC(C)CC)C(C)(C2CC2)CN1. The molecule has 1 saturated carbocycles. The van der Waals surface area contributed by atoms with E-state index < -0.39 is 0 Å². The average Bonchev–Trinajstić information content (AvgIpc) is 3.18. The standard InChI is InChI=1S/C16H32N2/c1-5-7-15-11-18(10-13(3)6-2)16(4,12-17-15)14-8-9-14/h13-15,17H,5-12H2,1-4H3.